The van der Waals surface area contributed by atoms with Crippen molar-refractivity contribution in [2.24, 2.45) is 0 Å². The first kappa shape index (κ1) is 11.7. The van der Waals surface area contributed by atoms with Gasteiger partial charge in [-0.05, 0) is 12.1 Å². The summed E-state index contributed by atoms with van der Waals surface area (Å²) in [5.74, 6) is 0.118. The Morgan fingerprint density at radius 1 is 1.22 bits per heavy atom. The van der Waals surface area contributed by atoms with Crippen molar-refractivity contribution in [2.75, 3.05) is 7.11 Å². The molecule has 2 rings (SSSR count). The zero-order chi connectivity index (χ0) is 13.0. The van der Waals surface area contributed by atoms with Crippen molar-refractivity contribution in [3.63, 3.8) is 0 Å². The van der Waals surface area contributed by atoms with E-state index in [1.807, 2.05) is 6.07 Å². The summed E-state index contributed by atoms with van der Waals surface area (Å²) in [6.45, 7) is 0. The molecule has 0 N–H and O–H groups in total. The highest BCUT2D eigenvalue weighted by atomic mass is 16.5. The molecule has 0 saturated carbocycles. The van der Waals surface area contributed by atoms with Crippen molar-refractivity contribution >= 4 is 5.97 Å². The first-order chi connectivity index (χ1) is 8.74. The van der Waals surface area contributed by atoms with E-state index in [0.29, 0.717) is 17.0 Å². The van der Waals surface area contributed by atoms with Gasteiger partial charge < -0.3 is 4.74 Å². The zero-order valence-electron chi connectivity index (χ0n) is 9.62. The molecule has 1 aromatic carbocycles. The highest BCUT2D eigenvalue weighted by molar-refractivity contribution is 5.89. The van der Waals surface area contributed by atoms with Crippen molar-refractivity contribution in [1.29, 1.82) is 5.26 Å². The Kier molecular flexibility index (Phi) is 3.30. The van der Waals surface area contributed by atoms with Crippen LogP contribution in [-0.2, 0) is 4.74 Å². The second-order valence-electron chi connectivity index (χ2n) is 3.48. The predicted molar refractivity (Wildman–Crippen MR) is 63.5 cm³/mol. The molecule has 0 fully saturated rings. The molecule has 0 aliphatic carbocycles. The fourth-order valence-electron chi connectivity index (χ4n) is 1.41. The maximum Gasteiger partial charge on any atom is 0.337 e. The summed E-state index contributed by atoms with van der Waals surface area (Å²) in [5, 5.41) is 8.64. The van der Waals surface area contributed by atoms with Crippen LogP contribution in [0.4, 0.5) is 0 Å². The molecule has 0 atom stereocenters. The fourth-order valence-corrected chi connectivity index (χ4v) is 1.41. The molecule has 0 aliphatic heterocycles. The number of carbonyl (C=O) groups excluding carboxylic acids is 1. The summed E-state index contributed by atoms with van der Waals surface area (Å²) in [6, 6.07) is 8.69. The molecule has 0 saturated heterocycles. The summed E-state index contributed by atoms with van der Waals surface area (Å²) in [7, 11) is 1.33. The highest BCUT2D eigenvalue weighted by Gasteiger charge is 2.06. The zero-order valence-corrected chi connectivity index (χ0v) is 9.62. The number of aromatic nitrogens is 2. The second kappa shape index (κ2) is 5.06. The number of hydrogen-bond acceptors (Lipinski definition) is 5. The van der Waals surface area contributed by atoms with Crippen molar-refractivity contribution in [1.82, 2.24) is 9.97 Å². The van der Waals surface area contributed by atoms with Gasteiger partial charge in [0.05, 0.1) is 18.2 Å². The summed E-state index contributed by atoms with van der Waals surface area (Å²) in [4.78, 5) is 19.4. The number of nitriles is 1. The average Bonchev–Trinajstić information content (AvgIpc) is 2.47. The molecule has 0 unspecified atom stereocenters. The number of esters is 1. The molecule has 0 radical (unpaired) electrons. The SMILES string of the molecule is COC(=O)c1ccc(-c2ncc(C#N)cn2)cc1. The number of rotatable bonds is 2. The van der Waals surface area contributed by atoms with E-state index in [1.165, 1.54) is 19.5 Å². The van der Waals surface area contributed by atoms with Gasteiger partial charge in [0.25, 0.3) is 0 Å². The molecule has 0 aliphatic rings. The molecule has 88 valence electrons. The van der Waals surface area contributed by atoms with E-state index >= 15 is 0 Å². The van der Waals surface area contributed by atoms with Gasteiger partial charge in [0, 0.05) is 18.0 Å². The molecule has 2 aromatic rings. The van der Waals surface area contributed by atoms with Gasteiger partial charge in [-0.2, -0.15) is 5.26 Å². The van der Waals surface area contributed by atoms with Crippen LogP contribution in [0.15, 0.2) is 36.7 Å². The number of nitrogens with zero attached hydrogens (tertiary/aromatic N) is 3. The van der Waals surface area contributed by atoms with E-state index in [-0.39, 0.29) is 5.97 Å². The standard InChI is InChI=1S/C13H9N3O2/c1-18-13(17)11-4-2-10(3-5-11)12-15-7-9(6-14)8-16-12/h2-5,7-8H,1H3. The Labute approximate surface area is 104 Å². The Morgan fingerprint density at radius 2 is 1.83 bits per heavy atom. The normalized spacial score (nSPS) is 9.56. The third kappa shape index (κ3) is 2.33. The lowest BCUT2D eigenvalue weighted by Gasteiger charge is -2.01. The van der Waals surface area contributed by atoms with Crippen molar-refractivity contribution in [3.05, 3.63) is 47.8 Å². The first-order valence-corrected chi connectivity index (χ1v) is 5.15. The fraction of sp³-hybridized carbons (Fsp3) is 0.0769. The van der Waals surface area contributed by atoms with Crippen molar-refractivity contribution < 1.29 is 9.53 Å². The number of ether oxygens (including phenoxy) is 1. The molecular formula is C13H9N3O2. The van der Waals surface area contributed by atoms with Gasteiger partial charge in [-0.3, -0.25) is 0 Å². The quantitative estimate of drug-likeness (QED) is 0.747. The van der Waals surface area contributed by atoms with E-state index in [1.54, 1.807) is 24.3 Å². The van der Waals surface area contributed by atoms with Crippen LogP contribution in [0, 0.1) is 11.3 Å². The van der Waals surface area contributed by atoms with E-state index in [2.05, 4.69) is 14.7 Å². The molecular weight excluding hydrogens is 230 g/mol. The summed E-state index contributed by atoms with van der Waals surface area (Å²) >= 11 is 0. The van der Waals surface area contributed by atoms with Gasteiger partial charge in [-0.1, -0.05) is 12.1 Å². The Bertz CT molecular complexity index is 598. The lowest BCUT2D eigenvalue weighted by molar-refractivity contribution is 0.0601. The minimum atomic E-state index is -0.387. The Morgan fingerprint density at radius 3 is 2.33 bits per heavy atom. The largest absolute Gasteiger partial charge is 0.465 e. The highest BCUT2D eigenvalue weighted by Crippen LogP contribution is 2.15. The molecule has 1 aromatic heterocycles. The number of benzene rings is 1. The van der Waals surface area contributed by atoms with Crippen molar-refractivity contribution in [3.8, 4) is 17.5 Å². The van der Waals surface area contributed by atoms with Crippen LogP contribution in [-0.4, -0.2) is 23.0 Å². The van der Waals surface area contributed by atoms with Gasteiger partial charge >= 0.3 is 5.97 Å². The van der Waals surface area contributed by atoms with E-state index in [4.69, 9.17) is 5.26 Å². The van der Waals surface area contributed by atoms with Crippen LogP contribution in [0.3, 0.4) is 0 Å². The molecule has 0 spiro atoms. The lowest BCUT2D eigenvalue weighted by atomic mass is 10.1. The topological polar surface area (TPSA) is 75.9 Å². The maximum atomic E-state index is 11.3. The Hall–Kier alpha value is -2.74. The van der Waals surface area contributed by atoms with E-state index in [9.17, 15) is 4.79 Å². The third-order valence-corrected chi connectivity index (χ3v) is 2.35. The van der Waals surface area contributed by atoms with E-state index in [0.717, 1.165) is 5.56 Å². The Balaban J connectivity index is 2.29. The van der Waals surface area contributed by atoms with Gasteiger partial charge in [-0.25, -0.2) is 14.8 Å². The van der Waals surface area contributed by atoms with Gasteiger partial charge in [0.2, 0.25) is 0 Å². The van der Waals surface area contributed by atoms with Gasteiger partial charge in [0.15, 0.2) is 5.82 Å². The predicted octanol–water partition coefficient (Wildman–Crippen LogP) is 1.80. The smallest absolute Gasteiger partial charge is 0.337 e. The second-order valence-corrected chi connectivity index (χ2v) is 3.48. The van der Waals surface area contributed by atoms with Crippen LogP contribution in [0.5, 0.6) is 0 Å². The first-order valence-electron chi connectivity index (χ1n) is 5.15. The van der Waals surface area contributed by atoms with Crippen LogP contribution >= 0.6 is 0 Å². The van der Waals surface area contributed by atoms with Crippen LogP contribution < -0.4 is 0 Å². The maximum absolute atomic E-state index is 11.3. The number of carbonyl (C=O) groups is 1. The van der Waals surface area contributed by atoms with E-state index < -0.39 is 0 Å². The summed E-state index contributed by atoms with van der Waals surface area (Å²) in [6.07, 6.45) is 2.91. The number of methoxy groups -OCH3 is 1. The summed E-state index contributed by atoms with van der Waals surface area (Å²) < 4.78 is 4.61. The molecule has 0 bridgehead atoms. The monoisotopic (exact) mass is 239 g/mol. The molecule has 18 heavy (non-hydrogen) atoms. The van der Waals surface area contributed by atoms with Crippen LogP contribution in [0.25, 0.3) is 11.4 Å². The lowest BCUT2D eigenvalue weighted by Crippen LogP contribution is -2.00. The molecule has 0 amide bonds. The van der Waals surface area contributed by atoms with Crippen LogP contribution in [0.1, 0.15) is 15.9 Å². The molecule has 5 heteroatoms. The van der Waals surface area contributed by atoms with Gasteiger partial charge in [0.1, 0.15) is 6.07 Å². The summed E-state index contributed by atoms with van der Waals surface area (Å²) in [5.41, 5.74) is 1.65. The molecule has 5 nitrogen and oxygen atoms in total. The van der Waals surface area contributed by atoms with Crippen LogP contribution in [0.2, 0.25) is 0 Å². The van der Waals surface area contributed by atoms with Crippen molar-refractivity contribution in [2.45, 2.75) is 0 Å². The average molecular weight is 239 g/mol. The number of hydrogen-bond donors (Lipinski definition) is 0. The third-order valence-electron chi connectivity index (χ3n) is 2.35. The minimum absolute atomic E-state index is 0.387. The van der Waals surface area contributed by atoms with Gasteiger partial charge in [-0.15, -0.1) is 0 Å². The molecule has 1 heterocycles. The minimum Gasteiger partial charge on any atom is -0.465 e.